The molecular formula is C22H27ClO2. The molecule has 25 heavy (non-hydrogen) atoms. The maximum Gasteiger partial charge on any atom is 0.329 e. The molecule has 0 spiro atoms. The van der Waals surface area contributed by atoms with Gasteiger partial charge in [0.2, 0.25) is 0 Å². The highest BCUT2D eigenvalue weighted by Gasteiger charge is 2.23. The predicted molar refractivity (Wildman–Crippen MR) is 105 cm³/mol. The number of ether oxygens (including phenoxy) is 1. The van der Waals surface area contributed by atoms with Crippen molar-refractivity contribution in [3.63, 3.8) is 0 Å². The van der Waals surface area contributed by atoms with E-state index in [0.717, 1.165) is 24.0 Å². The zero-order valence-corrected chi connectivity index (χ0v) is 16.1. The first-order chi connectivity index (χ1) is 12.0. The molecule has 0 heterocycles. The molecule has 3 heteroatoms. The van der Waals surface area contributed by atoms with Crippen molar-refractivity contribution in [2.24, 2.45) is 5.92 Å². The number of alkyl halides is 1. The van der Waals surface area contributed by atoms with E-state index in [4.69, 9.17) is 16.3 Å². The summed E-state index contributed by atoms with van der Waals surface area (Å²) in [6.45, 7) is 6.17. The average Bonchev–Trinajstić information content (AvgIpc) is 2.66. The number of esters is 1. The Labute approximate surface area is 156 Å². The molecule has 2 atom stereocenters. The van der Waals surface area contributed by atoms with Crippen molar-refractivity contribution in [2.45, 2.75) is 51.8 Å². The van der Waals surface area contributed by atoms with Crippen molar-refractivity contribution in [1.29, 1.82) is 0 Å². The maximum atomic E-state index is 12.0. The largest absolute Gasteiger partial charge is 0.425 e. The van der Waals surface area contributed by atoms with Crippen LogP contribution in [0.1, 0.15) is 45.6 Å². The second kappa shape index (κ2) is 9.62. The number of unbranched alkanes of at least 4 members (excludes halogenated alkanes) is 1. The van der Waals surface area contributed by atoms with Crippen LogP contribution >= 0.6 is 11.6 Å². The van der Waals surface area contributed by atoms with E-state index in [9.17, 15) is 4.79 Å². The van der Waals surface area contributed by atoms with Crippen molar-refractivity contribution in [2.75, 3.05) is 0 Å². The van der Waals surface area contributed by atoms with Gasteiger partial charge in [0.15, 0.2) is 0 Å². The van der Waals surface area contributed by atoms with Gasteiger partial charge in [-0.15, -0.1) is 11.6 Å². The van der Waals surface area contributed by atoms with Crippen molar-refractivity contribution in [3.05, 3.63) is 54.1 Å². The predicted octanol–water partition coefficient (Wildman–Crippen LogP) is 6.26. The Kier molecular flexibility index (Phi) is 7.52. The number of carbonyl (C=O) groups is 1. The lowest BCUT2D eigenvalue weighted by Gasteiger charge is -2.15. The summed E-state index contributed by atoms with van der Waals surface area (Å²) in [5.74, 6) is 0.242. The molecule has 0 bridgehead atoms. The minimum Gasteiger partial charge on any atom is -0.425 e. The van der Waals surface area contributed by atoms with E-state index in [1.165, 1.54) is 18.4 Å². The number of hydrogen-bond donors (Lipinski definition) is 0. The van der Waals surface area contributed by atoms with Crippen LogP contribution in [0.25, 0.3) is 11.1 Å². The first-order valence-electron chi connectivity index (χ1n) is 9.10. The fourth-order valence-corrected chi connectivity index (χ4v) is 2.79. The van der Waals surface area contributed by atoms with Gasteiger partial charge in [-0.3, -0.25) is 4.79 Å². The van der Waals surface area contributed by atoms with Gasteiger partial charge in [-0.25, -0.2) is 0 Å². The van der Waals surface area contributed by atoms with Crippen molar-refractivity contribution < 1.29 is 9.53 Å². The zero-order chi connectivity index (χ0) is 18.2. The Morgan fingerprint density at radius 3 is 2.08 bits per heavy atom. The molecule has 0 amide bonds. The standard InChI is InChI=1S/C22H27ClO2/c1-4-6-7-17-8-10-18(11-9-17)19-12-14-20(15-13-19)25-22(24)21(23)16(3)5-2/h8-16,21H,4-7H2,1-3H3. The molecule has 134 valence electrons. The molecule has 2 rings (SSSR count). The van der Waals surface area contributed by atoms with Gasteiger partial charge >= 0.3 is 5.97 Å². The number of hydrogen-bond acceptors (Lipinski definition) is 2. The van der Waals surface area contributed by atoms with E-state index in [1.807, 2.05) is 38.1 Å². The maximum absolute atomic E-state index is 12.0. The third-order valence-electron chi connectivity index (χ3n) is 4.55. The van der Waals surface area contributed by atoms with Gasteiger partial charge < -0.3 is 4.74 Å². The quantitative estimate of drug-likeness (QED) is 0.316. The second-order valence-corrected chi connectivity index (χ2v) is 7.00. The Balaban J connectivity index is 2.01. The Hall–Kier alpha value is -1.80. The molecule has 0 radical (unpaired) electrons. The fraction of sp³-hybridized carbons (Fsp3) is 0.409. The summed E-state index contributed by atoms with van der Waals surface area (Å²) in [5.41, 5.74) is 3.63. The number of rotatable bonds is 8. The molecule has 0 aliphatic rings. The van der Waals surface area contributed by atoms with Crippen LogP contribution in [0.4, 0.5) is 0 Å². The molecule has 0 aromatic heterocycles. The molecule has 2 unspecified atom stereocenters. The van der Waals surface area contributed by atoms with Crippen LogP contribution < -0.4 is 4.74 Å². The summed E-state index contributed by atoms with van der Waals surface area (Å²) in [5, 5.41) is -0.611. The average molecular weight is 359 g/mol. The third kappa shape index (κ3) is 5.61. The molecule has 0 N–H and O–H groups in total. The zero-order valence-electron chi connectivity index (χ0n) is 15.3. The molecular weight excluding hydrogens is 332 g/mol. The highest BCUT2D eigenvalue weighted by atomic mass is 35.5. The molecule has 0 saturated heterocycles. The third-order valence-corrected chi connectivity index (χ3v) is 5.16. The minimum atomic E-state index is -0.611. The number of benzene rings is 2. The highest BCUT2D eigenvalue weighted by molar-refractivity contribution is 6.30. The van der Waals surface area contributed by atoms with Gasteiger partial charge in [0.25, 0.3) is 0 Å². The first kappa shape index (κ1) is 19.5. The van der Waals surface area contributed by atoms with Crippen LogP contribution in [0.2, 0.25) is 0 Å². The smallest absolute Gasteiger partial charge is 0.329 e. The monoisotopic (exact) mass is 358 g/mol. The van der Waals surface area contributed by atoms with Gasteiger partial charge in [-0.2, -0.15) is 0 Å². The summed E-state index contributed by atoms with van der Waals surface area (Å²) < 4.78 is 5.38. The van der Waals surface area contributed by atoms with Crippen LogP contribution in [0.15, 0.2) is 48.5 Å². The van der Waals surface area contributed by atoms with Crippen molar-refractivity contribution in [1.82, 2.24) is 0 Å². The summed E-state index contributed by atoms with van der Waals surface area (Å²) >= 11 is 6.14. The first-order valence-corrected chi connectivity index (χ1v) is 9.54. The van der Waals surface area contributed by atoms with Crippen molar-refractivity contribution >= 4 is 17.6 Å². The molecule has 2 aromatic rings. The van der Waals surface area contributed by atoms with Crippen molar-refractivity contribution in [3.8, 4) is 16.9 Å². The summed E-state index contributed by atoms with van der Waals surface area (Å²) in [6, 6.07) is 16.2. The van der Waals surface area contributed by atoms with Gasteiger partial charge in [-0.1, -0.05) is 70.0 Å². The Bertz CT molecular complexity index is 661. The highest BCUT2D eigenvalue weighted by Crippen LogP contribution is 2.24. The number of carbonyl (C=O) groups excluding carboxylic acids is 1. The van der Waals surface area contributed by atoms with Crippen LogP contribution in [-0.4, -0.2) is 11.3 Å². The van der Waals surface area contributed by atoms with Crippen LogP contribution in [0, 0.1) is 5.92 Å². The molecule has 2 nitrogen and oxygen atoms in total. The van der Waals surface area contributed by atoms with E-state index in [2.05, 4.69) is 31.2 Å². The SMILES string of the molecule is CCCCc1ccc(-c2ccc(OC(=O)C(Cl)C(C)CC)cc2)cc1. The lowest BCUT2D eigenvalue weighted by Crippen LogP contribution is -2.26. The molecule has 0 aliphatic carbocycles. The summed E-state index contributed by atoms with van der Waals surface area (Å²) in [7, 11) is 0. The van der Waals surface area contributed by atoms with Crippen LogP contribution in [0.3, 0.4) is 0 Å². The lowest BCUT2D eigenvalue weighted by molar-refractivity contribution is -0.134. The lowest BCUT2D eigenvalue weighted by atomic mass is 10.0. The topological polar surface area (TPSA) is 26.3 Å². The van der Waals surface area contributed by atoms with E-state index in [-0.39, 0.29) is 11.9 Å². The van der Waals surface area contributed by atoms with Gasteiger partial charge in [-0.05, 0) is 47.6 Å². The molecule has 0 aliphatic heterocycles. The van der Waals surface area contributed by atoms with E-state index >= 15 is 0 Å². The van der Waals surface area contributed by atoms with E-state index < -0.39 is 5.38 Å². The second-order valence-electron chi connectivity index (χ2n) is 6.53. The molecule has 0 fully saturated rings. The van der Waals surface area contributed by atoms with Crippen LogP contribution in [-0.2, 0) is 11.2 Å². The normalized spacial score (nSPS) is 13.3. The molecule has 0 saturated carbocycles. The number of aryl methyl sites for hydroxylation is 1. The fourth-order valence-electron chi connectivity index (χ4n) is 2.57. The van der Waals surface area contributed by atoms with Gasteiger partial charge in [0.05, 0.1) is 0 Å². The van der Waals surface area contributed by atoms with E-state index in [0.29, 0.717) is 5.75 Å². The van der Waals surface area contributed by atoms with Gasteiger partial charge in [0.1, 0.15) is 11.1 Å². The van der Waals surface area contributed by atoms with Gasteiger partial charge in [0, 0.05) is 0 Å². The Morgan fingerprint density at radius 2 is 1.56 bits per heavy atom. The molecule has 2 aromatic carbocycles. The minimum absolute atomic E-state index is 0.0969. The van der Waals surface area contributed by atoms with Crippen LogP contribution in [0.5, 0.6) is 5.75 Å². The summed E-state index contributed by atoms with van der Waals surface area (Å²) in [6.07, 6.45) is 4.40. The number of halogens is 1. The summed E-state index contributed by atoms with van der Waals surface area (Å²) in [4.78, 5) is 12.0. The Morgan fingerprint density at radius 1 is 1.00 bits per heavy atom. The van der Waals surface area contributed by atoms with E-state index in [1.54, 1.807) is 0 Å².